The Kier molecular flexibility index (Phi) is 4.86. The lowest BCUT2D eigenvalue weighted by molar-refractivity contribution is 0.565. The lowest BCUT2D eigenvalue weighted by Crippen LogP contribution is -2.28. The monoisotopic (exact) mass is 370 g/mol. The molecule has 0 saturated heterocycles. The first kappa shape index (κ1) is 18.2. The molecule has 0 spiro atoms. The van der Waals surface area contributed by atoms with Crippen LogP contribution in [0.25, 0.3) is 11.2 Å². The van der Waals surface area contributed by atoms with Crippen molar-refractivity contribution in [2.75, 3.05) is 0 Å². The Balaban J connectivity index is 1.74. The van der Waals surface area contributed by atoms with E-state index in [4.69, 9.17) is 5.41 Å². The topological polar surface area (TPSA) is 46.6 Å². The number of pyridine rings is 1. The predicted molar refractivity (Wildman–Crippen MR) is 113 cm³/mol. The van der Waals surface area contributed by atoms with Gasteiger partial charge in [-0.1, -0.05) is 59.7 Å². The number of nitrogens with zero attached hydrogens (tertiary/aromatic N) is 3. The zero-order chi connectivity index (χ0) is 19.7. The minimum Gasteiger partial charge on any atom is -0.302 e. The number of benzene rings is 2. The lowest BCUT2D eigenvalue weighted by atomic mass is 10.1. The molecule has 2 aromatic heterocycles. The van der Waals surface area contributed by atoms with E-state index < -0.39 is 0 Å². The van der Waals surface area contributed by atoms with Crippen molar-refractivity contribution in [2.24, 2.45) is 0 Å². The molecule has 28 heavy (non-hydrogen) atoms. The fraction of sp³-hybridized carbons (Fsp3) is 0.250. The third-order valence-corrected chi connectivity index (χ3v) is 5.46. The van der Waals surface area contributed by atoms with Crippen LogP contribution in [0.1, 0.15) is 35.2 Å². The summed E-state index contributed by atoms with van der Waals surface area (Å²) in [5.41, 5.74) is 7.36. The van der Waals surface area contributed by atoms with E-state index in [2.05, 4.69) is 84.9 Å². The van der Waals surface area contributed by atoms with Crippen molar-refractivity contribution in [3.63, 3.8) is 0 Å². The molecule has 1 atom stereocenters. The summed E-state index contributed by atoms with van der Waals surface area (Å²) >= 11 is 0. The van der Waals surface area contributed by atoms with Gasteiger partial charge in [0.1, 0.15) is 0 Å². The number of fused-ring (bicyclic) bond motifs is 1. The summed E-state index contributed by atoms with van der Waals surface area (Å²) in [6.07, 6.45) is 2.69. The van der Waals surface area contributed by atoms with E-state index in [1.807, 2.05) is 16.8 Å². The molecule has 142 valence electrons. The first-order valence-corrected chi connectivity index (χ1v) is 9.77. The first-order valence-electron chi connectivity index (χ1n) is 9.77. The fourth-order valence-corrected chi connectivity index (χ4v) is 3.72. The Labute approximate surface area is 165 Å². The summed E-state index contributed by atoms with van der Waals surface area (Å²) in [5.74, 6) is 0. The molecular formula is C24H26N4. The van der Waals surface area contributed by atoms with Gasteiger partial charge in [0, 0.05) is 12.7 Å². The summed E-state index contributed by atoms with van der Waals surface area (Å²) in [5, 5.41) is 8.88. The van der Waals surface area contributed by atoms with Crippen LogP contribution >= 0.6 is 0 Å². The van der Waals surface area contributed by atoms with Crippen LogP contribution in [0.4, 0.5) is 0 Å². The quantitative estimate of drug-likeness (QED) is 0.540. The Bertz CT molecular complexity index is 1150. The highest BCUT2D eigenvalue weighted by molar-refractivity contribution is 5.71. The third kappa shape index (κ3) is 3.38. The molecule has 2 heterocycles. The third-order valence-electron chi connectivity index (χ3n) is 5.46. The van der Waals surface area contributed by atoms with Gasteiger partial charge in [-0.05, 0) is 50.5 Å². The Hall–Kier alpha value is -3.14. The molecule has 4 heteroatoms. The zero-order valence-electron chi connectivity index (χ0n) is 16.7. The SMILES string of the molecule is Cc1ccc(CCn2c(=N)n(C(C)c3ccc(C)cc3)c3cccnc32)cc1. The van der Waals surface area contributed by atoms with Gasteiger partial charge < -0.3 is 4.57 Å². The number of hydrogen-bond acceptors (Lipinski definition) is 2. The van der Waals surface area contributed by atoms with E-state index >= 15 is 0 Å². The second kappa shape index (κ2) is 7.47. The molecular weight excluding hydrogens is 344 g/mol. The summed E-state index contributed by atoms with van der Waals surface area (Å²) in [7, 11) is 0. The van der Waals surface area contributed by atoms with Gasteiger partial charge in [-0.2, -0.15) is 0 Å². The van der Waals surface area contributed by atoms with Crippen molar-refractivity contribution in [1.29, 1.82) is 5.41 Å². The van der Waals surface area contributed by atoms with E-state index in [9.17, 15) is 0 Å². The van der Waals surface area contributed by atoms with Gasteiger partial charge >= 0.3 is 0 Å². The molecule has 2 aromatic carbocycles. The van der Waals surface area contributed by atoms with Crippen LogP contribution in [0, 0.1) is 19.3 Å². The van der Waals surface area contributed by atoms with Crippen LogP contribution in [0.15, 0.2) is 66.9 Å². The lowest BCUT2D eigenvalue weighted by Gasteiger charge is -2.15. The highest BCUT2D eigenvalue weighted by Crippen LogP contribution is 2.22. The van der Waals surface area contributed by atoms with Gasteiger partial charge in [-0.15, -0.1) is 0 Å². The minimum atomic E-state index is 0.0698. The summed E-state index contributed by atoms with van der Waals surface area (Å²) < 4.78 is 4.11. The second-order valence-electron chi connectivity index (χ2n) is 7.51. The van der Waals surface area contributed by atoms with Gasteiger partial charge in [0.25, 0.3) is 0 Å². The van der Waals surface area contributed by atoms with Crippen LogP contribution in [0.5, 0.6) is 0 Å². The van der Waals surface area contributed by atoms with E-state index in [0.29, 0.717) is 5.62 Å². The van der Waals surface area contributed by atoms with E-state index in [1.54, 1.807) is 0 Å². The number of aryl methyl sites for hydroxylation is 4. The maximum absolute atomic E-state index is 8.88. The van der Waals surface area contributed by atoms with Crippen LogP contribution in [-0.4, -0.2) is 14.1 Å². The normalized spacial score (nSPS) is 12.4. The van der Waals surface area contributed by atoms with Crippen molar-refractivity contribution in [3.05, 3.63) is 94.7 Å². The van der Waals surface area contributed by atoms with E-state index in [1.165, 1.54) is 22.3 Å². The molecule has 0 aliphatic carbocycles. The largest absolute Gasteiger partial charge is 0.302 e. The van der Waals surface area contributed by atoms with Gasteiger partial charge in [-0.3, -0.25) is 9.98 Å². The molecule has 1 unspecified atom stereocenters. The van der Waals surface area contributed by atoms with E-state index in [-0.39, 0.29) is 6.04 Å². The Morgan fingerprint density at radius 2 is 1.57 bits per heavy atom. The van der Waals surface area contributed by atoms with Gasteiger partial charge in [0.05, 0.1) is 11.6 Å². The maximum atomic E-state index is 8.88. The van der Waals surface area contributed by atoms with Gasteiger partial charge in [0.2, 0.25) is 5.62 Å². The molecule has 0 radical (unpaired) electrons. The standard InChI is InChI=1S/C24H26N4/c1-17-6-10-20(11-7-17)14-16-27-23-22(5-4-15-26-23)28(24(27)25)19(3)21-12-8-18(2)9-13-21/h4-13,15,19,25H,14,16H2,1-3H3. The smallest absolute Gasteiger partial charge is 0.204 e. The Morgan fingerprint density at radius 3 is 2.25 bits per heavy atom. The summed E-state index contributed by atoms with van der Waals surface area (Å²) in [4.78, 5) is 4.60. The van der Waals surface area contributed by atoms with Crippen molar-refractivity contribution < 1.29 is 0 Å². The average molecular weight is 371 g/mol. The number of rotatable bonds is 5. The van der Waals surface area contributed by atoms with Crippen LogP contribution < -0.4 is 5.62 Å². The second-order valence-corrected chi connectivity index (χ2v) is 7.51. The van der Waals surface area contributed by atoms with Crippen molar-refractivity contribution in [3.8, 4) is 0 Å². The number of imidazole rings is 1. The molecule has 0 aliphatic rings. The summed E-state index contributed by atoms with van der Waals surface area (Å²) in [6.45, 7) is 7.09. The number of aromatic nitrogens is 3. The molecule has 0 fully saturated rings. The van der Waals surface area contributed by atoms with E-state index in [0.717, 1.165) is 24.1 Å². The highest BCUT2D eigenvalue weighted by atomic mass is 15.2. The Morgan fingerprint density at radius 1 is 0.929 bits per heavy atom. The average Bonchev–Trinajstić information content (AvgIpc) is 2.99. The maximum Gasteiger partial charge on any atom is 0.204 e. The molecule has 4 rings (SSSR count). The molecule has 1 N–H and O–H groups in total. The molecule has 0 amide bonds. The molecule has 4 nitrogen and oxygen atoms in total. The minimum absolute atomic E-state index is 0.0698. The van der Waals surface area contributed by atoms with Crippen molar-refractivity contribution in [2.45, 2.75) is 39.8 Å². The van der Waals surface area contributed by atoms with Crippen molar-refractivity contribution in [1.82, 2.24) is 14.1 Å². The van der Waals surface area contributed by atoms with Crippen molar-refractivity contribution >= 4 is 11.2 Å². The predicted octanol–water partition coefficient (Wildman–Crippen LogP) is 4.79. The molecule has 0 saturated carbocycles. The number of nitrogens with one attached hydrogen (secondary N) is 1. The zero-order valence-corrected chi connectivity index (χ0v) is 16.7. The van der Waals surface area contributed by atoms with Crippen LogP contribution in [-0.2, 0) is 13.0 Å². The fourth-order valence-electron chi connectivity index (χ4n) is 3.72. The first-order chi connectivity index (χ1) is 13.5. The molecule has 4 aromatic rings. The van der Waals surface area contributed by atoms with Crippen LogP contribution in [0.2, 0.25) is 0 Å². The number of hydrogen-bond donors (Lipinski definition) is 1. The van der Waals surface area contributed by atoms with Crippen LogP contribution in [0.3, 0.4) is 0 Å². The molecule has 0 bridgehead atoms. The van der Waals surface area contributed by atoms with Gasteiger partial charge in [0.15, 0.2) is 5.65 Å². The summed E-state index contributed by atoms with van der Waals surface area (Å²) in [6, 6.07) is 21.3. The molecule has 0 aliphatic heterocycles. The van der Waals surface area contributed by atoms with Gasteiger partial charge in [-0.25, -0.2) is 4.98 Å². The highest BCUT2D eigenvalue weighted by Gasteiger charge is 2.17.